The summed E-state index contributed by atoms with van der Waals surface area (Å²) in [4.78, 5) is 22.8. The molecule has 0 amide bonds. The monoisotopic (exact) mass is 515 g/mol. The van der Waals surface area contributed by atoms with E-state index < -0.39 is 6.43 Å². The van der Waals surface area contributed by atoms with Gasteiger partial charge in [0.15, 0.2) is 11.6 Å². The van der Waals surface area contributed by atoms with Gasteiger partial charge in [-0.05, 0) is 65.1 Å². The normalized spacial score (nSPS) is 18.3. The predicted octanol–water partition coefficient (Wildman–Crippen LogP) is 2.32. The number of fused-ring (bicyclic) bond motifs is 1. The first-order chi connectivity index (χ1) is 18.0. The molecule has 10 nitrogen and oxygen atoms in total. The molecule has 2 aliphatic heterocycles. The quantitative estimate of drug-likeness (QED) is 0.445. The van der Waals surface area contributed by atoms with E-state index in [1.165, 1.54) is 4.57 Å². The number of para-hydroxylation sites is 2. The Morgan fingerprint density at radius 2 is 1.78 bits per heavy atom. The number of nitrogens with zero attached hydrogens (tertiary/aromatic N) is 7. The molecule has 200 valence electrons. The molecule has 12 heteroatoms. The van der Waals surface area contributed by atoms with Gasteiger partial charge in [-0.1, -0.05) is 12.1 Å². The van der Waals surface area contributed by atoms with Gasteiger partial charge in [0.25, 0.3) is 6.43 Å². The molecule has 0 saturated carbocycles. The minimum absolute atomic E-state index is 0.156. The fourth-order valence-electron chi connectivity index (χ4n) is 4.88. The molecule has 1 unspecified atom stereocenters. The summed E-state index contributed by atoms with van der Waals surface area (Å²) in [6, 6.07) is 7.25. The summed E-state index contributed by atoms with van der Waals surface area (Å²) in [5, 5.41) is 7.17. The Balaban J connectivity index is 1.61. The summed E-state index contributed by atoms with van der Waals surface area (Å²) in [6.07, 6.45) is 0.00913. The molecule has 0 bridgehead atoms. The van der Waals surface area contributed by atoms with Crippen molar-refractivity contribution in [3.05, 3.63) is 35.9 Å². The smallest absolute Gasteiger partial charge is 0.296 e. The van der Waals surface area contributed by atoms with Crippen molar-refractivity contribution >= 4 is 17.0 Å². The summed E-state index contributed by atoms with van der Waals surface area (Å²) >= 11 is 0. The molecule has 2 aliphatic rings. The van der Waals surface area contributed by atoms with Gasteiger partial charge in [-0.2, -0.15) is 15.0 Å². The second-order valence-electron chi connectivity index (χ2n) is 9.82. The van der Waals surface area contributed by atoms with E-state index in [-0.39, 0.29) is 17.8 Å². The second-order valence-corrected chi connectivity index (χ2v) is 9.82. The lowest BCUT2D eigenvalue weighted by atomic mass is 10.0. The number of hydrogen-bond acceptors (Lipinski definition) is 9. The average molecular weight is 516 g/mol. The lowest BCUT2D eigenvalue weighted by Crippen LogP contribution is -2.43. The van der Waals surface area contributed by atoms with E-state index in [1.807, 2.05) is 19.0 Å². The molecule has 2 saturated heterocycles. The molecule has 0 radical (unpaired) electrons. The second kappa shape index (κ2) is 11.7. The molecule has 0 aliphatic carbocycles. The molecular weight excluding hydrogens is 480 g/mol. The lowest BCUT2D eigenvalue weighted by Gasteiger charge is -2.30. The number of aromatic nitrogens is 5. The van der Waals surface area contributed by atoms with Crippen LogP contribution in [0.4, 0.5) is 14.7 Å². The van der Waals surface area contributed by atoms with Gasteiger partial charge in [-0.15, -0.1) is 0 Å². The van der Waals surface area contributed by atoms with Gasteiger partial charge in [0.2, 0.25) is 11.9 Å². The number of piperidine rings is 1. The zero-order valence-corrected chi connectivity index (χ0v) is 21.4. The standard InChI is InChI=1S/C25H35F2N9O/c1-34(2)12-9-19(29-17-7-10-28-11-8-17)22-31-24(35-13-15-37-16-14-35)33-25(32-22)36-20-6-4-3-5-18(20)30-23(36)21(26)27/h3-6,17,19,21,28-29H,7-16H2,1-2H3. The van der Waals surface area contributed by atoms with E-state index in [9.17, 15) is 8.78 Å². The molecule has 2 N–H and O–H groups in total. The van der Waals surface area contributed by atoms with E-state index in [4.69, 9.17) is 19.7 Å². The molecule has 2 fully saturated rings. The lowest BCUT2D eigenvalue weighted by molar-refractivity contribution is 0.122. The van der Waals surface area contributed by atoms with Gasteiger partial charge in [-0.3, -0.25) is 4.57 Å². The Morgan fingerprint density at radius 1 is 1.05 bits per heavy atom. The third kappa shape index (κ3) is 6.03. The van der Waals surface area contributed by atoms with E-state index in [0.717, 1.165) is 38.9 Å². The zero-order valence-electron chi connectivity index (χ0n) is 21.4. The van der Waals surface area contributed by atoms with Gasteiger partial charge >= 0.3 is 0 Å². The van der Waals surface area contributed by atoms with Crippen molar-refractivity contribution in [1.82, 2.24) is 40.0 Å². The SMILES string of the molecule is CN(C)CCC(NC1CCNCC1)c1nc(N2CCOCC2)nc(-n2c(C(F)F)nc3ccccc32)n1. The van der Waals surface area contributed by atoms with Crippen LogP contribution in [0, 0.1) is 0 Å². The number of anilines is 1. The zero-order chi connectivity index (χ0) is 25.8. The van der Waals surface area contributed by atoms with Gasteiger partial charge in [-0.25, -0.2) is 13.8 Å². The van der Waals surface area contributed by atoms with Crippen LogP contribution in [0.5, 0.6) is 0 Å². The summed E-state index contributed by atoms with van der Waals surface area (Å²) in [5.74, 6) is 0.827. The van der Waals surface area contributed by atoms with Crippen LogP contribution in [0.15, 0.2) is 24.3 Å². The van der Waals surface area contributed by atoms with Gasteiger partial charge in [0.1, 0.15) is 0 Å². The highest BCUT2D eigenvalue weighted by atomic mass is 19.3. The van der Waals surface area contributed by atoms with E-state index in [0.29, 0.717) is 55.2 Å². The number of benzene rings is 1. The molecule has 1 atom stereocenters. The first-order valence-corrected chi connectivity index (χ1v) is 13.0. The summed E-state index contributed by atoms with van der Waals surface area (Å²) in [7, 11) is 4.07. The van der Waals surface area contributed by atoms with Gasteiger partial charge < -0.3 is 25.2 Å². The highest BCUT2D eigenvalue weighted by molar-refractivity contribution is 5.77. The Kier molecular flexibility index (Phi) is 8.18. The molecule has 0 spiro atoms. The number of morpholine rings is 1. The minimum atomic E-state index is -2.78. The number of ether oxygens (including phenoxy) is 1. The van der Waals surface area contributed by atoms with Crippen molar-refractivity contribution in [2.45, 2.75) is 37.8 Å². The van der Waals surface area contributed by atoms with E-state index in [2.05, 4.69) is 20.5 Å². The Morgan fingerprint density at radius 3 is 2.51 bits per heavy atom. The predicted molar refractivity (Wildman–Crippen MR) is 137 cm³/mol. The largest absolute Gasteiger partial charge is 0.378 e. The Hall–Kier alpha value is -2.80. The van der Waals surface area contributed by atoms with Crippen LogP contribution in [0.3, 0.4) is 0 Å². The molecule has 5 rings (SSSR count). The van der Waals surface area contributed by atoms with Crippen LogP contribution in [0.1, 0.15) is 43.4 Å². The molecule has 1 aromatic carbocycles. The van der Waals surface area contributed by atoms with E-state index in [1.54, 1.807) is 24.3 Å². The van der Waals surface area contributed by atoms with Crippen LogP contribution in [-0.2, 0) is 4.74 Å². The van der Waals surface area contributed by atoms with Crippen molar-refractivity contribution in [2.24, 2.45) is 0 Å². The number of halogens is 2. The fraction of sp³-hybridized carbons (Fsp3) is 0.600. The molecule has 4 heterocycles. The van der Waals surface area contributed by atoms with Crippen molar-refractivity contribution in [2.75, 3.05) is 64.9 Å². The molecule has 2 aromatic heterocycles. The molecular formula is C25H35F2N9O. The van der Waals surface area contributed by atoms with Gasteiger partial charge in [0.05, 0.1) is 30.3 Å². The van der Waals surface area contributed by atoms with Crippen LogP contribution in [0.25, 0.3) is 17.0 Å². The number of rotatable bonds is 9. The summed E-state index contributed by atoms with van der Waals surface area (Å²) in [6.45, 7) is 5.11. The third-order valence-electron chi connectivity index (χ3n) is 6.86. The van der Waals surface area contributed by atoms with Crippen molar-refractivity contribution in [1.29, 1.82) is 0 Å². The highest BCUT2D eigenvalue weighted by Crippen LogP contribution is 2.28. The maximum Gasteiger partial charge on any atom is 0.296 e. The van der Waals surface area contributed by atoms with Crippen LogP contribution in [-0.4, -0.2) is 95.5 Å². The first kappa shape index (κ1) is 25.8. The third-order valence-corrected chi connectivity index (χ3v) is 6.86. The molecule has 3 aromatic rings. The Labute approximate surface area is 215 Å². The maximum atomic E-state index is 14.2. The number of hydrogen-bond donors (Lipinski definition) is 2. The fourth-order valence-corrected chi connectivity index (χ4v) is 4.88. The first-order valence-electron chi connectivity index (χ1n) is 13.0. The number of nitrogens with one attached hydrogen (secondary N) is 2. The summed E-state index contributed by atoms with van der Waals surface area (Å²) in [5.41, 5.74) is 1.02. The number of alkyl halides is 2. The summed E-state index contributed by atoms with van der Waals surface area (Å²) < 4.78 is 35.3. The molecule has 37 heavy (non-hydrogen) atoms. The van der Waals surface area contributed by atoms with Crippen LogP contribution >= 0.6 is 0 Å². The maximum absolute atomic E-state index is 14.2. The number of imidazole rings is 1. The van der Waals surface area contributed by atoms with Crippen molar-refractivity contribution in [3.8, 4) is 5.95 Å². The van der Waals surface area contributed by atoms with Crippen molar-refractivity contribution < 1.29 is 13.5 Å². The van der Waals surface area contributed by atoms with Crippen LogP contribution < -0.4 is 15.5 Å². The Bertz CT molecular complexity index is 1180. The highest BCUT2D eigenvalue weighted by Gasteiger charge is 2.27. The average Bonchev–Trinajstić information content (AvgIpc) is 3.32. The minimum Gasteiger partial charge on any atom is -0.378 e. The topological polar surface area (TPSA) is 96.3 Å². The van der Waals surface area contributed by atoms with Crippen LogP contribution in [0.2, 0.25) is 0 Å². The van der Waals surface area contributed by atoms with E-state index >= 15 is 0 Å². The van der Waals surface area contributed by atoms with Gasteiger partial charge in [0, 0.05) is 19.1 Å². The van der Waals surface area contributed by atoms with Crippen molar-refractivity contribution in [3.63, 3.8) is 0 Å².